The van der Waals surface area contributed by atoms with Crippen LogP contribution in [0.15, 0.2) is 71.6 Å². The molecule has 4 rings (SSSR count). The summed E-state index contributed by atoms with van der Waals surface area (Å²) >= 11 is 5.90. The van der Waals surface area contributed by atoms with Crippen LogP contribution in [0.25, 0.3) is 22.5 Å². The predicted molar refractivity (Wildman–Crippen MR) is 98.9 cm³/mol. The van der Waals surface area contributed by atoms with E-state index in [-0.39, 0.29) is 5.91 Å². The number of anilines is 1. The van der Waals surface area contributed by atoms with Gasteiger partial charge in [-0.1, -0.05) is 59.2 Å². The van der Waals surface area contributed by atoms with Gasteiger partial charge in [-0.2, -0.15) is 0 Å². The number of rotatable bonds is 4. The Bertz CT molecular complexity index is 1040. The Labute approximate surface area is 153 Å². The number of nitrogens with one attached hydrogen (secondary N) is 2. The van der Waals surface area contributed by atoms with Crippen molar-refractivity contribution < 1.29 is 9.32 Å². The van der Waals surface area contributed by atoms with Gasteiger partial charge in [0.2, 0.25) is 5.95 Å². The van der Waals surface area contributed by atoms with E-state index in [0.29, 0.717) is 22.2 Å². The third-order valence-electron chi connectivity index (χ3n) is 3.82. The number of H-pyrrole nitrogens is 1. The number of imidazole rings is 1. The monoisotopic (exact) mass is 364 g/mol. The van der Waals surface area contributed by atoms with Crippen molar-refractivity contribution in [3.8, 4) is 22.5 Å². The minimum absolute atomic E-state index is 0.333. The molecule has 0 spiro atoms. The molecule has 1 amide bonds. The quantitative estimate of drug-likeness (QED) is 0.552. The maximum absolute atomic E-state index is 12.6. The van der Waals surface area contributed by atoms with Gasteiger partial charge in [0.15, 0.2) is 0 Å². The van der Waals surface area contributed by atoms with E-state index in [0.717, 1.165) is 16.8 Å². The largest absolute Gasteiger partial charge is 0.363 e. The minimum Gasteiger partial charge on any atom is -0.363 e. The van der Waals surface area contributed by atoms with Gasteiger partial charge in [-0.3, -0.25) is 10.1 Å². The zero-order valence-electron chi connectivity index (χ0n) is 13.4. The number of nitrogens with zero attached hydrogens (tertiary/aromatic N) is 2. The molecule has 6 nitrogen and oxygen atoms in total. The molecule has 7 heteroatoms. The van der Waals surface area contributed by atoms with Crippen LogP contribution >= 0.6 is 11.6 Å². The number of aromatic amines is 1. The lowest BCUT2D eigenvalue weighted by Crippen LogP contribution is -2.13. The van der Waals surface area contributed by atoms with Crippen molar-refractivity contribution in [2.75, 3.05) is 5.32 Å². The molecule has 2 N–H and O–H groups in total. The van der Waals surface area contributed by atoms with Crippen molar-refractivity contribution in [1.82, 2.24) is 15.1 Å². The highest BCUT2D eigenvalue weighted by atomic mass is 35.5. The van der Waals surface area contributed by atoms with Crippen LogP contribution in [0.4, 0.5) is 5.95 Å². The van der Waals surface area contributed by atoms with Crippen LogP contribution in [0.3, 0.4) is 0 Å². The number of carbonyl (C=O) groups is 1. The molecule has 2 aromatic carbocycles. The fraction of sp³-hybridized carbons (Fsp3) is 0. The molecule has 0 bridgehead atoms. The zero-order valence-corrected chi connectivity index (χ0v) is 14.2. The highest BCUT2D eigenvalue weighted by molar-refractivity contribution is 6.30. The second-order valence-electron chi connectivity index (χ2n) is 5.55. The van der Waals surface area contributed by atoms with Crippen LogP contribution in [-0.4, -0.2) is 21.0 Å². The van der Waals surface area contributed by atoms with Crippen molar-refractivity contribution in [1.29, 1.82) is 0 Å². The Morgan fingerprint density at radius 1 is 1.04 bits per heavy atom. The molecule has 0 aliphatic rings. The van der Waals surface area contributed by atoms with Crippen LogP contribution in [0.5, 0.6) is 0 Å². The summed E-state index contributed by atoms with van der Waals surface area (Å²) in [4.78, 5) is 19.8. The van der Waals surface area contributed by atoms with Gasteiger partial charge >= 0.3 is 0 Å². The van der Waals surface area contributed by atoms with E-state index < -0.39 is 0 Å². The molecule has 0 atom stereocenters. The summed E-state index contributed by atoms with van der Waals surface area (Å²) in [7, 11) is 0. The predicted octanol–water partition coefficient (Wildman–Crippen LogP) is 4.64. The molecule has 26 heavy (non-hydrogen) atoms. The number of amides is 1. The summed E-state index contributed by atoms with van der Waals surface area (Å²) in [6, 6.07) is 16.7. The number of carbonyl (C=O) groups excluding carboxylic acids is 1. The molecule has 2 heterocycles. The van der Waals surface area contributed by atoms with Crippen LogP contribution in [0.1, 0.15) is 10.4 Å². The molecule has 0 saturated heterocycles. The molecule has 0 radical (unpaired) electrons. The summed E-state index contributed by atoms with van der Waals surface area (Å²) in [6.07, 6.45) is 2.96. The van der Waals surface area contributed by atoms with Gasteiger partial charge in [-0.25, -0.2) is 4.98 Å². The molecule has 2 aromatic heterocycles. The maximum Gasteiger partial charge on any atom is 0.263 e. The Morgan fingerprint density at radius 3 is 2.58 bits per heavy atom. The lowest BCUT2D eigenvalue weighted by molar-refractivity contribution is 0.102. The van der Waals surface area contributed by atoms with Crippen molar-refractivity contribution >= 4 is 23.5 Å². The molecular weight excluding hydrogens is 352 g/mol. The minimum atomic E-state index is -0.359. The number of hydrogen-bond donors (Lipinski definition) is 2. The van der Waals surface area contributed by atoms with Crippen LogP contribution < -0.4 is 5.32 Å². The highest BCUT2D eigenvalue weighted by Crippen LogP contribution is 2.24. The van der Waals surface area contributed by atoms with E-state index in [4.69, 9.17) is 16.1 Å². The first-order valence-corrected chi connectivity index (χ1v) is 8.20. The molecule has 0 aliphatic carbocycles. The van der Waals surface area contributed by atoms with Gasteiger partial charge in [0, 0.05) is 10.6 Å². The Balaban J connectivity index is 1.55. The second kappa shape index (κ2) is 6.85. The summed E-state index contributed by atoms with van der Waals surface area (Å²) in [5.41, 5.74) is 3.30. The fourth-order valence-electron chi connectivity index (χ4n) is 2.54. The van der Waals surface area contributed by atoms with Gasteiger partial charge < -0.3 is 9.51 Å². The first-order chi connectivity index (χ1) is 12.7. The van der Waals surface area contributed by atoms with E-state index in [1.54, 1.807) is 18.3 Å². The Hall–Kier alpha value is -3.38. The van der Waals surface area contributed by atoms with Crippen LogP contribution in [0.2, 0.25) is 5.02 Å². The number of aromatic nitrogens is 3. The van der Waals surface area contributed by atoms with Crippen molar-refractivity contribution in [2.24, 2.45) is 0 Å². The summed E-state index contributed by atoms with van der Waals surface area (Å²) < 4.78 is 4.99. The van der Waals surface area contributed by atoms with E-state index in [9.17, 15) is 4.79 Å². The smallest absolute Gasteiger partial charge is 0.263 e. The average Bonchev–Trinajstić information content (AvgIpc) is 3.32. The second-order valence-corrected chi connectivity index (χ2v) is 5.99. The summed E-state index contributed by atoms with van der Waals surface area (Å²) in [6.45, 7) is 0. The van der Waals surface area contributed by atoms with Crippen molar-refractivity contribution in [3.63, 3.8) is 0 Å². The van der Waals surface area contributed by atoms with E-state index in [1.165, 1.54) is 6.26 Å². The lowest BCUT2D eigenvalue weighted by atomic mass is 10.1. The Kier molecular flexibility index (Phi) is 4.25. The molecule has 0 unspecified atom stereocenters. The molecular formula is C19H13ClN4O2. The van der Waals surface area contributed by atoms with Crippen molar-refractivity contribution in [2.45, 2.75) is 0 Å². The van der Waals surface area contributed by atoms with E-state index >= 15 is 0 Å². The lowest BCUT2D eigenvalue weighted by Gasteiger charge is -2.02. The van der Waals surface area contributed by atoms with Crippen molar-refractivity contribution in [3.05, 3.63) is 77.6 Å². The van der Waals surface area contributed by atoms with E-state index in [2.05, 4.69) is 20.4 Å². The third-order valence-corrected chi connectivity index (χ3v) is 4.08. The maximum atomic E-state index is 12.6. The zero-order chi connectivity index (χ0) is 17.9. The summed E-state index contributed by atoms with van der Waals surface area (Å²) in [5.74, 6) is -0.0257. The molecule has 0 saturated carbocycles. The molecule has 0 aliphatic heterocycles. The van der Waals surface area contributed by atoms with Gasteiger partial charge in [0.25, 0.3) is 5.91 Å². The normalized spacial score (nSPS) is 10.7. The number of benzene rings is 2. The SMILES string of the molecule is O=C(Nc1ncc(-c2ccc(Cl)cc2)[nH]1)c1conc1-c1ccccc1. The van der Waals surface area contributed by atoms with Gasteiger partial charge in [-0.05, 0) is 17.7 Å². The number of hydrogen-bond acceptors (Lipinski definition) is 4. The van der Waals surface area contributed by atoms with Gasteiger partial charge in [-0.15, -0.1) is 0 Å². The number of halogens is 1. The van der Waals surface area contributed by atoms with Gasteiger partial charge in [0.1, 0.15) is 17.5 Å². The van der Waals surface area contributed by atoms with Crippen LogP contribution in [0, 0.1) is 0 Å². The Morgan fingerprint density at radius 2 is 1.81 bits per heavy atom. The standard InChI is InChI=1S/C19H13ClN4O2/c20-14-8-6-12(7-9-14)16-10-21-19(22-16)23-18(25)15-11-26-24-17(15)13-4-2-1-3-5-13/h1-11H,(H2,21,22,23,25). The summed E-state index contributed by atoms with van der Waals surface area (Å²) in [5, 5.41) is 7.31. The molecule has 128 valence electrons. The van der Waals surface area contributed by atoms with E-state index in [1.807, 2.05) is 42.5 Å². The van der Waals surface area contributed by atoms with Gasteiger partial charge in [0.05, 0.1) is 11.9 Å². The molecule has 4 aromatic rings. The topological polar surface area (TPSA) is 83.8 Å². The highest BCUT2D eigenvalue weighted by Gasteiger charge is 2.18. The average molecular weight is 365 g/mol. The molecule has 0 fully saturated rings. The third kappa shape index (κ3) is 3.22. The van der Waals surface area contributed by atoms with Crippen LogP contribution in [-0.2, 0) is 0 Å². The first-order valence-electron chi connectivity index (χ1n) is 7.83. The first kappa shape index (κ1) is 16.1. The fourth-order valence-corrected chi connectivity index (χ4v) is 2.66.